The second-order valence-corrected chi connectivity index (χ2v) is 8.94. The molecular weight excluding hydrogens is 494 g/mol. The molecule has 0 aliphatic carbocycles. The largest absolute Gasteiger partial charge is 0.495 e. The number of nitro groups is 1. The molecule has 4 unspecified atom stereocenters. The maximum absolute atomic E-state index is 13.9. The Morgan fingerprint density at radius 2 is 1.71 bits per heavy atom. The lowest BCUT2D eigenvalue weighted by molar-refractivity contribution is -0.384. The van der Waals surface area contributed by atoms with E-state index in [1.54, 1.807) is 42.2 Å². The van der Waals surface area contributed by atoms with Gasteiger partial charge in [0, 0.05) is 23.9 Å². The van der Waals surface area contributed by atoms with Crippen LogP contribution < -0.4 is 9.64 Å². The van der Waals surface area contributed by atoms with E-state index >= 15 is 0 Å². The number of fused-ring (bicyclic) bond motifs is 3. The molecule has 3 aliphatic heterocycles. The normalized spacial score (nSPS) is 23.6. The third kappa shape index (κ3) is 3.83. The quantitative estimate of drug-likeness (QED) is 0.178. The lowest BCUT2D eigenvalue weighted by Gasteiger charge is -2.32. The molecule has 4 atom stereocenters. The maximum Gasteiger partial charge on any atom is 0.337 e. The van der Waals surface area contributed by atoms with Gasteiger partial charge in [-0.25, -0.2) is 9.69 Å². The van der Waals surface area contributed by atoms with Crippen LogP contribution in [0.5, 0.6) is 5.75 Å². The predicted molar refractivity (Wildman–Crippen MR) is 133 cm³/mol. The average Bonchev–Trinajstić information content (AvgIpc) is 3.39. The molecule has 0 bridgehead atoms. The van der Waals surface area contributed by atoms with Crippen molar-refractivity contribution in [3.05, 3.63) is 88.1 Å². The van der Waals surface area contributed by atoms with E-state index in [4.69, 9.17) is 9.47 Å². The van der Waals surface area contributed by atoms with E-state index in [2.05, 4.69) is 0 Å². The van der Waals surface area contributed by atoms with Gasteiger partial charge in [0.15, 0.2) is 5.78 Å². The molecule has 11 heteroatoms. The van der Waals surface area contributed by atoms with Crippen LogP contribution in [0.15, 0.2) is 72.5 Å². The van der Waals surface area contributed by atoms with Crippen LogP contribution in [0.1, 0.15) is 17.3 Å². The van der Waals surface area contributed by atoms with Gasteiger partial charge in [-0.15, -0.1) is 0 Å². The number of rotatable bonds is 7. The van der Waals surface area contributed by atoms with Crippen molar-refractivity contribution in [2.75, 3.05) is 18.6 Å². The monoisotopic (exact) mass is 517 g/mol. The van der Waals surface area contributed by atoms with Crippen LogP contribution in [-0.2, 0) is 19.1 Å². The maximum atomic E-state index is 13.9. The number of para-hydroxylation sites is 2. The zero-order chi connectivity index (χ0) is 27.1. The summed E-state index contributed by atoms with van der Waals surface area (Å²) < 4.78 is 10.5. The number of carbonyl (C=O) groups excluding carboxylic acids is 4. The van der Waals surface area contributed by atoms with Crippen molar-refractivity contribution in [3.8, 4) is 5.75 Å². The number of ether oxygens (including phenoxy) is 2. The van der Waals surface area contributed by atoms with E-state index in [9.17, 15) is 29.3 Å². The molecule has 3 heterocycles. The van der Waals surface area contributed by atoms with Crippen LogP contribution in [0.4, 0.5) is 11.4 Å². The summed E-state index contributed by atoms with van der Waals surface area (Å²) in [5.41, 5.74) is 0.447. The van der Waals surface area contributed by atoms with Gasteiger partial charge in [0.25, 0.3) is 5.69 Å². The Morgan fingerprint density at radius 1 is 1.03 bits per heavy atom. The molecule has 5 rings (SSSR count). The second kappa shape index (κ2) is 9.58. The molecule has 0 radical (unpaired) electrons. The highest BCUT2D eigenvalue weighted by Gasteiger charge is 2.64. The van der Waals surface area contributed by atoms with Gasteiger partial charge < -0.3 is 14.4 Å². The van der Waals surface area contributed by atoms with Crippen LogP contribution in [-0.4, -0.2) is 59.2 Å². The van der Waals surface area contributed by atoms with Gasteiger partial charge in [0.1, 0.15) is 11.8 Å². The first-order chi connectivity index (χ1) is 18.3. The Kier molecular flexibility index (Phi) is 6.27. The number of benzene rings is 2. The topological polar surface area (TPSA) is 136 Å². The first-order valence-corrected chi connectivity index (χ1v) is 11.9. The summed E-state index contributed by atoms with van der Waals surface area (Å²) >= 11 is 0. The molecule has 38 heavy (non-hydrogen) atoms. The molecule has 11 nitrogen and oxygen atoms in total. The molecular formula is C27H23N3O8. The number of hydrogen-bond donors (Lipinski definition) is 0. The molecule has 0 N–H and O–H groups in total. The molecule has 0 saturated carbocycles. The Bertz CT molecular complexity index is 1410. The summed E-state index contributed by atoms with van der Waals surface area (Å²) in [6.45, 7) is 1.83. The number of nitrogens with zero attached hydrogens (tertiary/aromatic N) is 3. The predicted octanol–water partition coefficient (Wildman–Crippen LogP) is 2.66. The van der Waals surface area contributed by atoms with E-state index < -0.39 is 52.4 Å². The van der Waals surface area contributed by atoms with Crippen molar-refractivity contribution < 1.29 is 33.6 Å². The minimum Gasteiger partial charge on any atom is -0.495 e. The fourth-order valence-corrected chi connectivity index (χ4v) is 5.37. The van der Waals surface area contributed by atoms with Crippen molar-refractivity contribution in [2.45, 2.75) is 19.0 Å². The fourth-order valence-electron chi connectivity index (χ4n) is 5.37. The molecule has 2 amide bonds. The van der Waals surface area contributed by atoms with Crippen molar-refractivity contribution in [1.82, 2.24) is 4.90 Å². The lowest BCUT2D eigenvalue weighted by atomic mass is 9.86. The standard InChI is InChI=1S/C27H23N3O8/c1-3-38-27(34)16-12-13-28-19(14-16)21-22(23(28)24(31)15-8-10-17(11-9-15)30(35)36)26(33)29(25(21)32)18-6-4-5-7-20(18)37-2/h4-14,19,21-23H,3H2,1-2H3. The van der Waals surface area contributed by atoms with Crippen LogP contribution in [0.3, 0.4) is 0 Å². The number of hydrogen-bond acceptors (Lipinski definition) is 9. The number of nitro benzene ring substituents is 1. The van der Waals surface area contributed by atoms with Gasteiger partial charge >= 0.3 is 5.97 Å². The molecule has 0 spiro atoms. The highest BCUT2D eigenvalue weighted by Crippen LogP contribution is 2.48. The average molecular weight is 517 g/mol. The highest BCUT2D eigenvalue weighted by molar-refractivity contribution is 6.25. The Balaban J connectivity index is 1.59. The number of anilines is 1. The van der Waals surface area contributed by atoms with Gasteiger partial charge in [-0.2, -0.15) is 0 Å². The zero-order valence-corrected chi connectivity index (χ0v) is 20.5. The molecule has 0 aromatic heterocycles. The number of non-ortho nitro benzene ring substituents is 1. The molecule has 3 aliphatic rings. The number of methoxy groups -OCH3 is 1. The van der Waals surface area contributed by atoms with Gasteiger partial charge in [-0.1, -0.05) is 12.1 Å². The van der Waals surface area contributed by atoms with Crippen molar-refractivity contribution >= 4 is 34.9 Å². The molecule has 2 aromatic rings. The summed E-state index contributed by atoms with van der Waals surface area (Å²) in [6, 6.07) is 9.81. The van der Waals surface area contributed by atoms with E-state index in [0.717, 1.165) is 4.90 Å². The SMILES string of the molecule is CCOC(=O)C1=CC2C3C(=O)N(c4ccccc4OC)C(=O)C3C(C(=O)c3ccc([N+](=O)[O-])cc3)N2C=C1. The van der Waals surface area contributed by atoms with Crippen molar-refractivity contribution in [2.24, 2.45) is 11.8 Å². The van der Waals surface area contributed by atoms with Crippen LogP contribution in [0, 0.1) is 22.0 Å². The van der Waals surface area contributed by atoms with Crippen molar-refractivity contribution in [1.29, 1.82) is 0 Å². The van der Waals surface area contributed by atoms with Crippen molar-refractivity contribution in [3.63, 3.8) is 0 Å². The third-order valence-corrected chi connectivity index (χ3v) is 7.02. The van der Waals surface area contributed by atoms with E-state index in [1.807, 2.05) is 0 Å². The summed E-state index contributed by atoms with van der Waals surface area (Å²) in [5.74, 6) is -3.86. The third-order valence-electron chi connectivity index (χ3n) is 7.02. The van der Waals surface area contributed by atoms with E-state index in [1.165, 1.54) is 43.7 Å². The Hall–Kier alpha value is -4.80. The second-order valence-electron chi connectivity index (χ2n) is 8.94. The number of amides is 2. The van der Waals surface area contributed by atoms with Gasteiger partial charge in [0.05, 0.1) is 47.8 Å². The fraction of sp³-hybridized carbons (Fsp3) is 0.259. The summed E-state index contributed by atoms with van der Waals surface area (Å²) in [4.78, 5) is 67.1. The minimum atomic E-state index is -1.08. The lowest BCUT2D eigenvalue weighted by Crippen LogP contribution is -2.46. The summed E-state index contributed by atoms with van der Waals surface area (Å²) in [6.07, 6.45) is 4.56. The van der Waals surface area contributed by atoms with Crippen LogP contribution in [0.25, 0.3) is 0 Å². The number of carbonyl (C=O) groups is 4. The Morgan fingerprint density at radius 3 is 2.37 bits per heavy atom. The van der Waals surface area contributed by atoms with Gasteiger partial charge in [-0.05, 0) is 43.3 Å². The van der Waals surface area contributed by atoms with Crippen LogP contribution >= 0.6 is 0 Å². The first kappa shape index (κ1) is 24.9. The van der Waals surface area contributed by atoms with Gasteiger partial charge in [-0.3, -0.25) is 24.5 Å². The molecule has 194 valence electrons. The molecule has 2 saturated heterocycles. The number of ketones is 1. The summed E-state index contributed by atoms with van der Waals surface area (Å²) in [7, 11) is 1.42. The molecule has 2 aromatic carbocycles. The number of esters is 1. The smallest absolute Gasteiger partial charge is 0.337 e. The number of imide groups is 1. The zero-order valence-electron chi connectivity index (χ0n) is 20.5. The summed E-state index contributed by atoms with van der Waals surface area (Å²) in [5, 5.41) is 11.1. The molecule has 2 fully saturated rings. The number of Topliss-reactive ketones (excluding diaryl/α,β-unsaturated/α-hetero) is 1. The van der Waals surface area contributed by atoms with Crippen LogP contribution in [0.2, 0.25) is 0 Å². The highest BCUT2D eigenvalue weighted by atomic mass is 16.6. The first-order valence-electron chi connectivity index (χ1n) is 11.9. The van der Waals surface area contributed by atoms with E-state index in [-0.39, 0.29) is 29.1 Å². The van der Waals surface area contributed by atoms with Gasteiger partial charge in [0.2, 0.25) is 11.8 Å². The van der Waals surface area contributed by atoms with E-state index in [0.29, 0.717) is 5.75 Å². The Labute approximate surface area is 217 Å². The minimum absolute atomic E-state index is 0.157.